The third-order valence-electron chi connectivity index (χ3n) is 3.43. The number of anilines is 2. The summed E-state index contributed by atoms with van der Waals surface area (Å²) in [7, 11) is -3.80. The second kappa shape index (κ2) is 7.55. The average molecular weight is 387 g/mol. The van der Waals surface area contributed by atoms with Crippen LogP contribution in [0.3, 0.4) is 0 Å². The average Bonchev–Trinajstić information content (AvgIpc) is 2.61. The Kier molecular flexibility index (Phi) is 5.20. The Hall–Kier alpha value is -2.90. The van der Waals surface area contributed by atoms with Gasteiger partial charge in [0.15, 0.2) is 0 Å². The summed E-state index contributed by atoms with van der Waals surface area (Å²) in [6.07, 6.45) is 4.99. The van der Waals surface area contributed by atoms with Crippen LogP contribution in [0.5, 0.6) is 0 Å². The standard InChI is InChI=1S/C18H15ClN4O2S/c19-17-4-2-1-3-13(17)5-8-15-11-12-21-18(22-15)23-26(24,25)16-9-6-14(20)7-10-16/h1-12H,20H2,(H,21,22,23)/b8-5+. The highest BCUT2D eigenvalue weighted by atomic mass is 35.5. The molecule has 0 unspecified atom stereocenters. The highest BCUT2D eigenvalue weighted by Crippen LogP contribution is 2.18. The van der Waals surface area contributed by atoms with Gasteiger partial charge in [0.2, 0.25) is 5.95 Å². The van der Waals surface area contributed by atoms with Crippen molar-refractivity contribution in [2.45, 2.75) is 4.90 Å². The summed E-state index contributed by atoms with van der Waals surface area (Å²) < 4.78 is 27.1. The molecular weight excluding hydrogens is 372 g/mol. The second-order valence-electron chi connectivity index (χ2n) is 5.33. The van der Waals surface area contributed by atoms with Crippen molar-refractivity contribution in [3.05, 3.63) is 77.1 Å². The van der Waals surface area contributed by atoms with E-state index in [1.54, 1.807) is 24.3 Å². The molecule has 26 heavy (non-hydrogen) atoms. The molecular formula is C18H15ClN4O2S. The molecule has 0 amide bonds. The summed E-state index contributed by atoms with van der Waals surface area (Å²) in [5.74, 6) is -0.0249. The van der Waals surface area contributed by atoms with Crippen molar-refractivity contribution in [1.82, 2.24) is 9.97 Å². The number of nitrogens with two attached hydrogens (primary N) is 1. The lowest BCUT2D eigenvalue weighted by atomic mass is 10.2. The Balaban J connectivity index is 1.81. The molecule has 1 heterocycles. The number of aromatic nitrogens is 2. The van der Waals surface area contributed by atoms with E-state index in [4.69, 9.17) is 17.3 Å². The molecule has 0 radical (unpaired) electrons. The van der Waals surface area contributed by atoms with E-state index in [2.05, 4.69) is 14.7 Å². The van der Waals surface area contributed by atoms with E-state index in [9.17, 15) is 8.42 Å². The number of nitrogen functional groups attached to an aromatic ring is 1. The highest BCUT2D eigenvalue weighted by molar-refractivity contribution is 7.92. The zero-order valence-electron chi connectivity index (χ0n) is 13.5. The number of hydrogen-bond donors (Lipinski definition) is 2. The van der Waals surface area contributed by atoms with Crippen LogP contribution in [-0.4, -0.2) is 18.4 Å². The SMILES string of the molecule is Nc1ccc(S(=O)(=O)Nc2nccc(/C=C/c3ccccc3Cl)n2)cc1. The van der Waals surface area contributed by atoms with Crippen LogP contribution in [0.25, 0.3) is 12.2 Å². The van der Waals surface area contributed by atoms with Gasteiger partial charge in [-0.2, -0.15) is 0 Å². The number of halogens is 1. The van der Waals surface area contributed by atoms with Gasteiger partial charge in [0, 0.05) is 16.9 Å². The summed E-state index contributed by atoms with van der Waals surface area (Å²) in [6.45, 7) is 0. The van der Waals surface area contributed by atoms with Crippen LogP contribution < -0.4 is 10.5 Å². The maximum absolute atomic E-state index is 12.4. The van der Waals surface area contributed by atoms with Crippen molar-refractivity contribution < 1.29 is 8.42 Å². The van der Waals surface area contributed by atoms with Crippen LogP contribution in [0.1, 0.15) is 11.3 Å². The first-order chi connectivity index (χ1) is 12.4. The van der Waals surface area contributed by atoms with E-state index in [1.165, 1.54) is 30.5 Å². The fourth-order valence-corrected chi connectivity index (χ4v) is 3.28. The fourth-order valence-electron chi connectivity index (χ4n) is 2.13. The normalized spacial score (nSPS) is 11.6. The van der Waals surface area contributed by atoms with Gasteiger partial charge >= 0.3 is 0 Å². The smallest absolute Gasteiger partial charge is 0.264 e. The Bertz CT molecular complexity index is 1050. The first-order valence-corrected chi connectivity index (χ1v) is 9.44. The van der Waals surface area contributed by atoms with E-state index in [-0.39, 0.29) is 10.8 Å². The molecule has 0 aliphatic heterocycles. The first-order valence-electron chi connectivity index (χ1n) is 7.58. The number of hydrogen-bond acceptors (Lipinski definition) is 5. The predicted octanol–water partition coefficient (Wildman–Crippen LogP) is 3.68. The van der Waals surface area contributed by atoms with Gasteiger partial charge in [-0.15, -0.1) is 0 Å². The topological polar surface area (TPSA) is 98.0 Å². The van der Waals surface area contributed by atoms with Crippen molar-refractivity contribution in [2.75, 3.05) is 10.5 Å². The Morgan fingerprint density at radius 3 is 2.46 bits per heavy atom. The van der Waals surface area contributed by atoms with Crippen molar-refractivity contribution >= 4 is 45.4 Å². The maximum Gasteiger partial charge on any atom is 0.264 e. The van der Waals surface area contributed by atoms with Crippen LogP contribution >= 0.6 is 11.6 Å². The largest absolute Gasteiger partial charge is 0.399 e. The first kappa shape index (κ1) is 17.9. The maximum atomic E-state index is 12.4. The van der Waals surface area contributed by atoms with Crippen LogP contribution in [0, 0.1) is 0 Å². The van der Waals surface area contributed by atoms with Gasteiger partial charge in [-0.1, -0.05) is 35.9 Å². The number of rotatable bonds is 5. The molecule has 132 valence electrons. The van der Waals surface area contributed by atoms with E-state index in [1.807, 2.05) is 18.2 Å². The van der Waals surface area contributed by atoms with Crippen LogP contribution in [0.15, 0.2) is 65.7 Å². The monoisotopic (exact) mass is 386 g/mol. The molecule has 1 aromatic heterocycles. The van der Waals surface area contributed by atoms with Gasteiger partial charge in [-0.25, -0.2) is 23.1 Å². The number of benzene rings is 2. The molecule has 0 fully saturated rings. The zero-order valence-corrected chi connectivity index (χ0v) is 15.1. The van der Waals surface area contributed by atoms with Crippen molar-refractivity contribution in [1.29, 1.82) is 0 Å². The molecule has 0 atom stereocenters. The van der Waals surface area contributed by atoms with Gasteiger partial charge in [0.25, 0.3) is 10.0 Å². The van der Waals surface area contributed by atoms with E-state index in [0.717, 1.165) is 5.56 Å². The molecule has 0 saturated carbocycles. The lowest BCUT2D eigenvalue weighted by Gasteiger charge is -2.07. The molecule has 2 aromatic carbocycles. The Morgan fingerprint density at radius 1 is 1.00 bits per heavy atom. The molecule has 0 saturated heterocycles. The quantitative estimate of drug-likeness (QED) is 0.652. The lowest BCUT2D eigenvalue weighted by Crippen LogP contribution is -2.15. The van der Waals surface area contributed by atoms with Crippen molar-refractivity contribution in [3.63, 3.8) is 0 Å². The Morgan fingerprint density at radius 2 is 1.73 bits per heavy atom. The number of nitrogens with zero attached hydrogens (tertiary/aromatic N) is 2. The summed E-state index contributed by atoms with van der Waals surface area (Å²) in [6, 6.07) is 14.9. The molecule has 0 bridgehead atoms. The zero-order chi connectivity index (χ0) is 18.6. The molecule has 3 N–H and O–H groups in total. The third kappa shape index (κ3) is 4.38. The van der Waals surface area contributed by atoms with Gasteiger partial charge in [0.05, 0.1) is 10.6 Å². The number of sulfonamides is 1. The van der Waals surface area contributed by atoms with Gasteiger partial charge in [-0.3, -0.25) is 0 Å². The molecule has 0 aliphatic carbocycles. The van der Waals surface area contributed by atoms with Crippen molar-refractivity contribution in [3.8, 4) is 0 Å². The lowest BCUT2D eigenvalue weighted by molar-refractivity contribution is 0.601. The molecule has 6 nitrogen and oxygen atoms in total. The molecule has 8 heteroatoms. The van der Waals surface area contributed by atoms with E-state index >= 15 is 0 Å². The highest BCUT2D eigenvalue weighted by Gasteiger charge is 2.15. The molecule has 3 aromatic rings. The van der Waals surface area contributed by atoms with Gasteiger partial charge < -0.3 is 5.73 Å². The Labute approximate surface area is 156 Å². The van der Waals surface area contributed by atoms with Crippen LogP contribution in [0.2, 0.25) is 5.02 Å². The van der Waals surface area contributed by atoms with Gasteiger partial charge in [0.1, 0.15) is 0 Å². The second-order valence-corrected chi connectivity index (χ2v) is 7.42. The van der Waals surface area contributed by atoms with E-state index < -0.39 is 10.0 Å². The third-order valence-corrected chi connectivity index (χ3v) is 5.12. The summed E-state index contributed by atoms with van der Waals surface area (Å²) in [5.41, 5.74) is 7.42. The summed E-state index contributed by atoms with van der Waals surface area (Å²) >= 11 is 6.10. The molecule has 3 rings (SSSR count). The van der Waals surface area contributed by atoms with Gasteiger partial charge in [-0.05, 0) is 48.0 Å². The predicted molar refractivity (Wildman–Crippen MR) is 104 cm³/mol. The van der Waals surface area contributed by atoms with E-state index in [0.29, 0.717) is 16.4 Å². The van der Waals surface area contributed by atoms with Crippen LogP contribution in [-0.2, 0) is 10.0 Å². The van der Waals surface area contributed by atoms with Crippen molar-refractivity contribution in [2.24, 2.45) is 0 Å². The molecule has 0 aliphatic rings. The summed E-state index contributed by atoms with van der Waals surface area (Å²) in [4.78, 5) is 8.22. The van der Waals surface area contributed by atoms with Crippen LogP contribution in [0.4, 0.5) is 11.6 Å². The minimum absolute atomic E-state index is 0.0249. The minimum Gasteiger partial charge on any atom is -0.399 e. The fraction of sp³-hybridized carbons (Fsp3) is 0. The minimum atomic E-state index is -3.80. The number of nitrogens with one attached hydrogen (secondary N) is 1. The summed E-state index contributed by atoms with van der Waals surface area (Å²) in [5, 5.41) is 0.613. The molecule has 0 spiro atoms.